The van der Waals surface area contributed by atoms with Crippen LogP contribution in [0.25, 0.3) is 0 Å². The molecule has 0 saturated carbocycles. The zero-order valence-electron chi connectivity index (χ0n) is 11.8. The smallest absolute Gasteiger partial charge is 0.171 e. The van der Waals surface area contributed by atoms with Gasteiger partial charge in [0.05, 0.1) is 13.2 Å². The molecule has 3 heteroatoms. The van der Waals surface area contributed by atoms with Gasteiger partial charge in [-0.25, -0.2) is 0 Å². The molecule has 100 valence electrons. The second-order valence-electron chi connectivity index (χ2n) is 6.31. The maximum absolute atomic E-state index is 6.04. The number of ether oxygens (including phenoxy) is 2. The van der Waals surface area contributed by atoms with E-state index in [4.69, 9.17) is 9.47 Å². The highest BCUT2D eigenvalue weighted by Gasteiger charge is 2.51. The van der Waals surface area contributed by atoms with Crippen LogP contribution in [0.1, 0.15) is 59.8 Å². The highest BCUT2D eigenvalue weighted by atomic mass is 16.7. The van der Waals surface area contributed by atoms with Gasteiger partial charge in [-0.3, -0.25) is 0 Å². The first kappa shape index (κ1) is 13.3. The van der Waals surface area contributed by atoms with Crippen LogP contribution in [0.2, 0.25) is 0 Å². The van der Waals surface area contributed by atoms with Crippen LogP contribution in [-0.4, -0.2) is 30.1 Å². The molecule has 0 bridgehead atoms. The minimum absolute atomic E-state index is 0.0849. The summed E-state index contributed by atoms with van der Waals surface area (Å²) in [7, 11) is 0. The first-order valence-corrected chi connectivity index (χ1v) is 7.02. The SMILES string of the molecule is CCC1(CC)CC2(CC(C)(C)N1)OCCCO2. The van der Waals surface area contributed by atoms with Gasteiger partial charge in [0.15, 0.2) is 5.79 Å². The average Bonchev–Trinajstić information content (AvgIpc) is 2.27. The van der Waals surface area contributed by atoms with Crippen molar-refractivity contribution in [3.8, 4) is 0 Å². The summed E-state index contributed by atoms with van der Waals surface area (Å²) in [4.78, 5) is 0. The van der Waals surface area contributed by atoms with Crippen LogP contribution in [-0.2, 0) is 9.47 Å². The molecule has 0 aliphatic carbocycles. The van der Waals surface area contributed by atoms with E-state index in [2.05, 4.69) is 33.0 Å². The van der Waals surface area contributed by atoms with Crippen molar-refractivity contribution < 1.29 is 9.47 Å². The third-order valence-electron chi connectivity index (χ3n) is 4.30. The predicted octanol–water partition coefficient (Wildman–Crippen LogP) is 2.84. The van der Waals surface area contributed by atoms with E-state index in [1.54, 1.807) is 0 Å². The highest BCUT2D eigenvalue weighted by molar-refractivity contribution is 5.04. The Morgan fingerprint density at radius 1 is 1.00 bits per heavy atom. The maximum atomic E-state index is 6.04. The molecule has 0 aromatic rings. The molecule has 2 aliphatic heterocycles. The number of piperidine rings is 1. The van der Waals surface area contributed by atoms with Gasteiger partial charge in [-0.05, 0) is 33.1 Å². The second-order valence-corrected chi connectivity index (χ2v) is 6.31. The lowest BCUT2D eigenvalue weighted by atomic mass is 9.74. The van der Waals surface area contributed by atoms with Gasteiger partial charge in [0.1, 0.15) is 0 Å². The summed E-state index contributed by atoms with van der Waals surface area (Å²) < 4.78 is 12.1. The van der Waals surface area contributed by atoms with Gasteiger partial charge in [0.25, 0.3) is 0 Å². The lowest BCUT2D eigenvalue weighted by Crippen LogP contribution is -2.67. The molecule has 2 aliphatic rings. The Morgan fingerprint density at radius 2 is 1.59 bits per heavy atom. The van der Waals surface area contributed by atoms with Gasteiger partial charge < -0.3 is 14.8 Å². The Morgan fingerprint density at radius 3 is 2.12 bits per heavy atom. The molecule has 1 N–H and O–H groups in total. The Kier molecular flexibility index (Phi) is 3.54. The van der Waals surface area contributed by atoms with Crippen LogP contribution in [0.5, 0.6) is 0 Å². The first-order valence-electron chi connectivity index (χ1n) is 7.02. The van der Waals surface area contributed by atoms with Crippen molar-refractivity contribution in [2.45, 2.75) is 76.7 Å². The van der Waals surface area contributed by atoms with E-state index < -0.39 is 0 Å². The third-order valence-corrected chi connectivity index (χ3v) is 4.30. The number of hydrogen-bond donors (Lipinski definition) is 1. The van der Waals surface area contributed by atoms with Gasteiger partial charge in [-0.2, -0.15) is 0 Å². The van der Waals surface area contributed by atoms with Crippen molar-refractivity contribution in [3.05, 3.63) is 0 Å². The summed E-state index contributed by atoms with van der Waals surface area (Å²) in [5.74, 6) is -0.334. The number of rotatable bonds is 2. The molecule has 2 saturated heterocycles. The Hall–Kier alpha value is -0.120. The summed E-state index contributed by atoms with van der Waals surface area (Å²) >= 11 is 0. The van der Waals surface area contributed by atoms with Gasteiger partial charge in [-0.1, -0.05) is 13.8 Å². The summed E-state index contributed by atoms with van der Waals surface area (Å²) in [5, 5.41) is 3.82. The molecule has 0 unspecified atom stereocenters. The minimum atomic E-state index is -0.334. The lowest BCUT2D eigenvalue weighted by molar-refractivity contribution is -0.299. The summed E-state index contributed by atoms with van der Waals surface area (Å²) in [6.07, 6.45) is 5.21. The molecule has 2 rings (SSSR count). The third kappa shape index (κ3) is 2.67. The van der Waals surface area contributed by atoms with Gasteiger partial charge >= 0.3 is 0 Å². The van der Waals surface area contributed by atoms with E-state index in [0.29, 0.717) is 0 Å². The second kappa shape index (κ2) is 4.52. The van der Waals surface area contributed by atoms with Crippen molar-refractivity contribution >= 4 is 0 Å². The molecule has 0 aromatic carbocycles. The highest BCUT2D eigenvalue weighted by Crippen LogP contribution is 2.43. The lowest BCUT2D eigenvalue weighted by Gasteiger charge is -2.55. The van der Waals surface area contributed by atoms with Crippen LogP contribution in [0.15, 0.2) is 0 Å². The molecule has 17 heavy (non-hydrogen) atoms. The van der Waals surface area contributed by atoms with Crippen LogP contribution in [0.3, 0.4) is 0 Å². The molecule has 2 heterocycles. The minimum Gasteiger partial charge on any atom is -0.350 e. The Bertz CT molecular complexity index is 265. The summed E-state index contributed by atoms with van der Waals surface area (Å²) in [6.45, 7) is 10.7. The van der Waals surface area contributed by atoms with Gasteiger partial charge in [-0.15, -0.1) is 0 Å². The number of nitrogens with one attached hydrogen (secondary N) is 1. The summed E-state index contributed by atoms with van der Waals surface area (Å²) in [5.41, 5.74) is 0.251. The van der Waals surface area contributed by atoms with Crippen LogP contribution in [0.4, 0.5) is 0 Å². The molecule has 2 fully saturated rings. The van der Waals surface area contributed by atoms with E-state index in [-0.39, 0.29) is 16.9 Å². The molecule has 0 atom stereocenters. The number of hydrogen-bond acceptors (Lipinski definition) is 3. The van der Waals surface area contributed by atoms with Gasteiger partial charge in [0, 0.05) is 23.9 Å². The quantitative estimate of drug-likeness (QED) is 0.806. The van der Waals surface area contributed by atoms with Crippen molar-refractivity contribution in [1.29, 1.82) is 0 Å². The van der Waals surface area contributed by atoms with E-state index in [1.807, 2.05) is 0 Å². The molecule has 3 nitrogen and oxygen atoms in total. The van der Waals surface area contributed by atoms with E-state index in [0.717, 1.165) is 45.3 Å². The van der Waals surface area contributed by atoms with Gasteiger partial charge in [0.2, 0.25) is 0 Å². The Balaban J connectivity index is 2.23. The fourth-order valence-corrected chi connectivity index (χ4v) is 3.56. The topological polar surface area (TPSA) is 30.5 Å². The molecular formula is C14H27NO2. The largest absolute Gasteiger partial charge is 0.350 e. The van der Waals surface area contributed by atoms with Crippen molar-refractivity contribution in [2.24, 2.45) is 0 Å². The molecule has 0 amide bonds. The average molecular weight is 241 g/mol. The molecule has 1 spiro atoms. The van der Waals surface area contributed by atoms with Crippen LogP contribution < -0.4 is 5.32 Å². The standard InChI is InChI=1S/C14H27NO2/c1-5-13(6-2)11-14(10-12(3,4)15-13)16-8-7-9-17-14/h15H,5-11H2,1-4H3. The normalized spacial score (nSPS) is 30.4. The van der Waals surface area contributed by atoms with Crippen LogP contribution in [0, 0.1) is 0 Å². The van der Waals surface area contributed by atoms with Crippen LogP contribution >= 0.6 is 0 Å². The van der Waals surface area contributed by atoms with Crippen molar-refractivity contribution in [2.75, 3.05) is 13.2 Å². The van der Waals surface area contributed by atoms with Crippen molar-refractivity contribution in [1.82, 2.24) is 5.32 Å². The fraction of sp³-hybridized carbons (Fsp3) is 1.00. The maximum Gasteiger partial charge on any atom is 0.171 e. The predicted molar refractivity (Wildman–Crippen MR) is 69.0 cm³/mol. The monoisotopic (exact) mass is 241 g/mol. The zero-order valence-corrected chi connectivity index (χ0v) is 11.8. The van der Waals surface area contributed by atoms with Crippen molar-refractivity contribution in [3.63, 3.8) is 0 Å². The molecule has 0 radical (unpaired) electrons. The molecule has 0 aromatic heterocycles. The fourth-order valence-electron chi connectivity index (χ4n) is 3.56. The Labute approximate surface area is 105 Å². The van der Waals surface area contributed by atoms with E-state index in [9.17, 15) is 0 Å². The zero-order chi connectivity index (χ0) is 12.6. The summed E-state index contributed by atoms with van der Waals surface area (Å²) in [6, 6.07) is 0. The first-order chi connectivity index (χ1) is 7.95. The van der Waals surface area contributed by atoms with E-state index >= 15 is 0 Å². The van der Waals surface area contributed by atoms with E-state index in [1.165, 1.54) is 0 Å². The molecular weight excluding hydrogens is 214 g/mol.